The summed E-state index contributed by atoms with van der Waals surface area (Å²) in [4.78, 5) is 23.4. The van der Waals surface area contributed by atoms with Crippen LogP contribution < -0.4 is 11.4 Å². The first-order chi connectivity index (χ1) is 8.49. The Kier molecular flexibility index (Phi) is 3.71. The number of nitrogens with zero attached hydrogens (tertiary/aromatic N) is 1. The van der Waals surface area contributed by atoms with Gasteiger partial charge in [0.15, 0.2) is 0 Å². The van der Waals surface area contributed by atoms with E-state index in [2.05, 4.69) is 29.8 Å². The van der Waals surface area contributed by atoms with Gasteiger partial charge >= 0.3 is 11.4 Å². The van der Waals surface area contributed by atoms with Gasteiger partial charge in [-0.25, -0.2) is 9.59 Å². The van der Waals surface area contributed by atoms with Crippen LogP contribution in [0.1, 0.15) is 20.3 Å². The van der Waals surface area contributed by atoms with Crippen molar-refractivity contribution in [3.8, 4) is 0 Å². The van der Waals surface area contributed by atoms with Gasteiger partial charge in [0.05, 0.1) is 10.9 Å². The van der Waals surface area contributed by atoms with Gasteiger partial charge in [-0.3, -0.25) is 4.57 Å². The van der Waals surface area contributed by atoms with Crippen molar-refractivity contribution in [2.45, 2.75) is 26.8 Å². The van der Waals surface area contributed by atoms with Gasteiger partial charge in [-0.2, -0.15) is 0 Å². The molecule has 5 heteroatoms. The summed E-state index contributed by atoms with van der Waals surface area (Å²) in [7, 11) is 0. The van der Waals surface area contributed by atoms with Crippen molar-refractivity contribution in [1.82, 2.24) is 4.57 Å². The molecule has 0 unspecified atom stereocenters. The second kappa shape index (κ2) is 5.10. The fourth-order valence-electron chi connectivity index (χ4n) is 1.79. The maximum Gasteiger partial charge on any atom is 0.422 e. The molecule has 2 aromatic rings. The molecule has 0 amide bonds. The first-order valence-electron chi connectivity index (χ1n) is 5.82. The van der Waals surface area contributed by atoms with Crippen molar-refractivity contribution >= 4 is 26.8 Å². The average molecular weight is 312 g/mol. The minimum absolute atomic E-state index is 0.424. The van der Waals surface area contributed by atoms with Crippen LogP contribution in [0.3, 0.4) is 0 Å². The van der Waals surface area contributed by atoms with Crippen LogP contribution in [0.15, 0.2) is 36.7 Å². The Hall–Kier alpha value is -1.36. The van der Waals surface area contributed by atoms with E-state index in [0.717, 1.165) is 10.9 Å². The molecule has 1 heterocycles. The normalized spacial score (nSPS) is 11.3. The maximum absolute atomic E-state index is 11.7. The summed E-state index contributed by atoms with van der Waals surface area (Å²) < 4.78 is 7.05. The third kappa shape index (κ3) is 2.56. The van der Waals surface area contributed by atoms with Gasteiger partial charge in [0.25, 0.3) is 0 Å². The summed E-state index contributed by atoms with van der Waals surface area (Å²) in [6.45, 7) is 4.73. The molecule has 96 valence electrons. The van der Waals surface area contributed by atoms with E-state index in [-0.39, 0.29) is 0 Å². The molecule has 0 radical (unpaired) electrons. The first kappa shape index (κ1) is 13.1. The largest absolute Gasteiger partial charge is 0.422 e. The molecule has 4 nitrogen and oxygen atoms in total. The second-order valence-corrected chi connectivity index (χ2v) is 5.57. The molecule has 1 aromatic heterocycles. The summed E-state index contributed by atoms with van der Waals surface area (Å²) in [5.74, 6) is -0.107. The Morgan fingerprint density at radius 1 is 1.33 bits per heavy atom. The Morgan fingerprint density at radius 3 is 2.72 bits per heavy atom. The third-order valence-corrected chi connectivity index (χ3v) is 3.29. The number of rotatable bonds is 3. The van der Waals surface area contributed by atoms with Crippen LogP contribution in [0.4, 0.5) is 0 Å². The molecular weight excluding hydrogens is 298 g/mol. The summed E-state index contributed by atoms with van der Waals surface area (Å²) in [6.07, 6.45) is 0.860. The number of fused-ring (bicyclic) bond motifs is 1. The molecular formula is C13H14BrNO3. The van der Waals surface area contributed by atoms with E-state index in [4.69, 9.17) is 4.42 Å². The highest BCUT2D eigenvalue weighted by Crippen LogP contribution is 2.16. The van der Waals surface area contributed by atoms with Crippen molar-refractivity contribution < 1.29 is 4.42 Å². The zero-order chi connectivity index (χ0) is 13.3. The molecule has 0 bridgehead atoms. The fraction of sp³-hybridized carbons (Fsp3) is 0.385. The van der Waals surface area contributed by atoms with Crippen molar-refractivity contribution in [2.75, 3.05) is 0 Å². The summed E-state index contributed by atoms with van der Waals surface area (Å²) >= 11 is 3.30. The molecule has 18 heavy (non-hydrogen) atoms. The van der Waals surface area contributed by atoms with E-state index >= 15 is 0 Å². The SMILES string of the molecule is CC(C)CCn1c(=O)oc(=O)c2cc(Br)ccc21. The highest BCUT2D eigenvalue weighted by atomic mass is 79.9. The van der Waals surface area contributed by atoms with Gasteiger partial charge in [-0.05, 0) is 30.5 Å². The third-order valence-electron chi connectivity index (χ3n) is 2.80. The fourth-order valence-corrected chi connectivity index (χ4v) is 2.15. The summed E-state index contributed by atoms with van der Waals surface area (Å²) in [5, 5.41) is 0.424. The van der Waals surface area contributed by atoms with Crippen molar-refractivity contribution in [3.63, 3.8) is 0 Å². The number of aromatic nitrogens is 1. The standard InChI is InChI=1S/C13H14BrNO3/c1-8(2)5-6-15-11-4-3-9(14)7-10(11)12(16)18-13(15)17/h3-4,7-8H,5-6H2,1-2H3. The molecule has 0 N–H and O–H groups in total. The number of hydrogen-bond acceptors (Lipinski definition) is 3. The lowest BCUT2D eigenvalue weighted by molar-refractivity contribution is 0.399. The molecule has 0 aliphatic heterocycles. The van der Waals surface area contributed by atoms with Gasteiger partial charge in [0.2, 0.25) is 0 Å². The van der Waals surface area contributed by atoms with Crippen molar-refractivity contribution in [2.24, 2.45) is 5.92 Å². The van der Waals surface area contributed by atoms with Crippen molar-refractivity contribution in [3.05, 3.63) is 43.6 Å². The van der Waals surface area contributed by atoms with Gasteiger partial charge in [0, 0.05) is 11.0 Å². The summed E-state index contributed by atoms with van der Waals surface area (Å²) in [5.41, 5.74) is 0.0391. The van der Waals surface area contributed by atoms with Crippen LogP contribution in [-0.2, 0) is 6.54 Å². The number of benzene rings is 1. The maximum atomic E-state index is 11.7. The quantitative estimate of drug-likeness (QED) is 0.875. The minimum Gasteiger partial charge on any atom is -0.372 e. The topological polar surface area (TPSA) is 52.2 Å². The lowest BCUT2D eigenvalue weighted by Gasteiger charge is -2.10. The van der Waals surface area contributed by atoms with Gasteiger partial charge in [-0.1, -0.05) is 29.8 Å². The average Bonchev–Trinajstić information content (AvgIpc) is 2.29. The molecule has 2 rings (SSSR count). The van der Waals surface area contributed by atoms with Crippen molar-refractivity contribution in [1.29, 1.82) is 0 Å². The smallest absolute Gasteiger partial charge is 0.372 e. The second-order valence-electron chi connectivity index (χ2n) is 4.65. The van der Waals surface area contributed by atoms with Gasteiger partial charge in [0.1, 0.15) is 0 Å². The number of hydrogen-bond donors (Lipinski definition) is 0. The predicted octanol–water partition coefficient (Wildman–Crippen LogP) is 2.76. The highest BCUT2D eigenvalue weighted by Gasteiger charge is 2.10. The Morgan fingerprint density at radius 2 is 2.06 bits per heavy atom. The lowest BCUT2D eigenvalue weighted by atomic mass is 10.1. The molecule has 0 saturated carbocycles. The number of halogens is 1. The molecule has 0 aliphatic carbocycles. The van der Waals surface area contributed by atoms with E-state index < -0.39 is 11.4 Å². The van der Waals surface area contributed by atoms with E-state index in [1.165, 1.54) is 4.57 Å². The van der Waals surface area contributed by atoms with Crippen LogP contribution in [0, 0.1) is 5.92 Å². The van der Waals surface area contributed by atoms with E-state index in [0.29, 0.717) is 23.4 Å². The van der Waals surface area contributed by atoms with Crippen LogP contribution in [0.25, 0.3) is 10.9 Å². The molecule has 1 aromatic carbocycles. The molecule has 0 saturated heterocycles. The number of aryl methyl sites for hydroxylation is 1. The lowest BCUT2D eigenvalue weighted by Crippen LogP contribution is -2.25. The van der Waals surface area contributed by atoms with Crippen LogP contribution in [-0.4, -0.2) is 4.57 Å². The minimum atomic E-state index is -0.588. The van der Waals surface area contributed by atoms with E-state index in [9.17, 15) is 9.59 Å². The first-order valence-corrected chi connectivity index (χ1v) is 6.61. The zero-order valence-electron chi connectivity index (χ0n) is 10.3. The predicted molar refractivity (Wildman–Crippen MR) is 73.9 cm³/mol. The molecule has 0 spiro atoms. The zero-order valence-corrected chi connectivity index (χ0v) is 11.9. The summed E-state index contributed by atoms with van der Waals surface area (Å²) in [6, 6.07) is 5.25. The van der Waals surface area contributed by atoms with Crippen LogP contribution in [0.5, 0.6) is 0 Å². The molecule has 0 fully saturated rings. The van der Waals surface area contributed by atoms with E-state index in [1.54, 1.807) is 12.1 Å². The monoisotopic (exact) mass is 311 g/mol. The van der Waals surface area contributed by atoms with Gasteiger partial charge < -0.3 is 4.42 Å². The Balaban J connectivity index is 2.65. The Labute approximate surface area is 112 Å². The molecule has 0 aliphatic rings. The van der Waals surface area contributed by atoms with Crippen LogP contribution >= 0.6 is 15.9 Å². The van der Waals surface area contributed by atoms with Crippen LogP contribution in [0.2, 0.25) is 0 Å². The molecule has 0 atom stereocenters. The highest BCUT2D eigenvalue weighted by molar-refractivity contribution is 9.10. The Bertz CT molecular complexity index is 685. The van der Waals surface area contributed by atoms with Gasteiger partial charge in [-0.15, -0.1) is 0 Å². The van der Waals surface area contributed by atoms with E-state index in [1.807, 2.05) is 6.07 Å².